The van der Waals surface area contributed by atoms with Gasteiger partial charge in [0.15, 0.2) is 11.0 Å². The molecule has 0 spiro atoms. The van der Waals surface area contributed by atoms with Gasteiger partial charge in [-0.2, -0.15) is 0 Å². The van der Waals surface area contributed by atoms with Gasteiger partial charge in [0, 0.05) is 18.1 Å². The minimum atomic E-state index is -0.217. The van der Waals surface area contributed by atoms with Crippen molar-refractivity contribution >= 4 is 40.5 Å². The van der Waals surface area contributed by atoms with E-state index in [1.54, 1.807) is 30.3 Å². The molecule has 0 aliphatic heterocycles. The third-order valence-electron chi connectivity index (χ3n) is 4.84. The third kappa shape index (κ3) is 3.36. The number of methoxy groups -OCH3 is 1. The van der Waals surface area contributed by atoms with Gasteiger partial charge in [0.25, 0.3) is 0 Å². The van der Waals surface area contributed by atoms with Crippen molar-refractivity contribution in [3.05, 3.63) is 56.7 Å². The first-order valence-electron chi connectivity index (χ1n) is 8.72. The van der Waals surface area contributed by atoms with E-state index in [1.165, 1.54) is 13.2 Å². The van der Waals surface area contributed by atoms with E-state index in [4.69, 9.17) is 37.1 Å². The zero-order chi connectivity index (χ0) is 19.8. The second-order valence-corrected chi connectivity index (χ2v) is 7.50. The van der Waals surface area contributed by atoms with Crippen LogP contribution < -0.4 is 14.9 Å². The lowest BCUT2D eigenvalue weighted by molar-refractivity contribution is -0.116. The molecular weight excluding hydrogens is 403 g/mol. The van der Waals surface area contributed by atoms with E-state index in [0.717, 1.165) is 6.29 Å². The van der Waals surface area contributed by atoms with Crippen molar-refractivity contribution in [2.75, 3.05) is 7.11 Å². The number of para-hydroxylation sites is 1. The van der Waals surface area contributed by atoms with Crippen molar-refractivity contribution in [2.24, 2.45) is 5.92 Å². The number of hydrogen-bond donors (Lipinski definition) is 0. The van der Waals surface area contributed by atoms with Gasteiger partial charge >= 0.3 is 0 Å². The molecule has 0 atom stereocenters. The summed E-state index contributed by atoms with van der Waals surface area (Å²) in [5.41, 5.74) is 0.608. The lowest BCUT2D eigenvalue weighted by atomic mass is 9.83. The van der Waals surface area contributed by atoms with Gasteiger partial charge in [0.2, 0.25) is 0 Å². The fourth-order valence-electron chi connectivity index (χ4n) is 3.26. The maximum Gasteiger partial charge on any atom is 0.193 e. The number of benzene rings is 2. The predicted molar refractivity (Wildman–Crippen MR) is 108 cm³/mol. The lowest BCUT2D eigenvalue weighted by Crippen LogP contribution is -2.34. The van der Waals surface area contributed by atoms with Crippen LogP contribution in [-0.2, 0) is 4.79 Å². The highest BCUT2D eigenvalue weighted by Gasteiger charge is 2.31. The predicted octanol–water partition coefficient (Wildman–Crippen LogP) is 5.13. The van der Waals surface area contributed by atoms with Crippen LogP contribution in [0, 0.1) is 5.92 Å². The van der Waals surface area contributed by atoms with Crippen LogP contribution in [0.15, 0.2) is 45.6 Å². The van der Waals surface area contributed by atoms with Crippen molar-refractivity contribution in [3.63, 3.8) is 0 Å². The van der Waals surface area contributed by atoms with Crippen LogP contribution in [0.3, 0.4) is 0 Å². The molecule has 0 saturated heterocycles. The van der Waals surface area contributed by atoms with Gasteiger partial charge in [0.1, 0.15) is 29.6 Å². The number of halogens is 2. The Morgan fingerprint density at radius 2 is 1.89 bits per heavy atom. The highest BCUT2D eigenvalue weighted by atomic mass is 35.5. The van der Waals surface area contributed by atoms with Crippen molar-refractivity contribution < 1.29 is 18.7 Å². The Labute approximate surface area is 170 Å². The van der Waals surface area contributed by atoms with Crippen LogP contribution >= 0.6 is 23.2 Å². The molecule has 4 rings (SSSR count). The average molecular weight is 419 g/mol. The van der Waals surface area contributed by atoms with Crippen LogP contribution in [-0.4, -0.2) is 19.5 Å². The first-order valence-corrected chi connectivity index (χ1v) is 9.48. The number of aldehydes is 1. The van der Waals surface area contributed by atoms with Crippen LogP contribution in [0.1, 0.15) is 12.8 Å². The molecule has 5 nitrogen and oxygen atoms in total. The van der Waals surface area contributed by atoms with E-state index in [9.17, 15) is 9.59 Å². The van der Waals surface area contributed by atoms with Gasteiger partial charge in [-0.1, -0.05) is 29.3 Å². The lowest BCUT2D eigenvalue weighted by Gasteiger charge is -2.32. The van der Waals surface area contributed by atoms with Gasteiger partial charge in [-0.3, -0.25) is 4.79 Å². The molecule has 0 amide bonds. The second-order valence-electron chi connectivity index (χ2n) is 6.68. The van der Waals surface area contributed by atoms with Crippen LogP contribution in [0.5, 0.6) is 11.5 Å². The molecule has 1 aliphatic carbocycles. The highest BCUT2D eigenvalue weighted by molar-refractivity contribution is 6.34. The summed E-state index contributed by atoms with van der Waals surface area (Å²) in [6.45, 7) is 0. The Morgan fingerprint density at radius 1 is 1.11 bits per heavy atom. The van der Waals surface area contributed by atoms with E-state index in [0.29, 0.717) is 56.7 Å². The zero-order valence-corrected chi connectivity index (χ0v) is 16.4. The van der Waals surface area contributed by atoms with E-state index < -0.39 is 0 Å². The van der Waals surface area contributed by atoms with Gasteiger partial charge in [0.05, 0.1) is 28.1 Å². The normalized spacial score (nSPS) is 18.5. The molecule has 28 heavy (non-hydrogen) atoms. The van der Waals surface area contributed by atoms with Crippen molar-refractivity contribution in [2.45, 2.75) is 18.9 Å². The summed E-state index contributed by atoms with van der Waals surface area (Å²) in [7, 11) is 1.50. The molecule has 0 N–H and O–H groups in total. The van der Waals surface area contributed by atoms with Gasteiger partial charge in [-0.05, 0) is 31.0 Å². The molecule has 0 radical (unpaired) electrons. The largest absolute Gasteiger partial charge is 0.496 e. The smallest absolute Gasteiger partial charge is 0.193 e. The van der Waals surface area contributed by atoms with E-state index in [-0.39, 0.29) is 17.5 Å². The van der Waals surface area contributed by atoms with E-state index in [1.807, 2.05) is 0 Å². The molecule has 1 heterocycles. The summed E-state index contributed by atoms with van der Waals surface area (Å²) >= 11 is 12.5. The molecule has 1 saturated carbocycles. The molecule has 144 valence electrons. The highest BCUT2D eigenvalue weighted by Crippen LogP contribution is 2.41. The number of ether oxygens (including phenoxy) is 2. The minimum Gasteiger partial charge on any atom is -0.496 e. The molecule has 3 aromatic rings. The van der Waals surface area contributed by atoms with Gasteiger partial charge in [-0.15, -0.1) is 0 Å². The summed E-state index contributed by atoms with van der Waals surface area (Å²) in [5, 5.41) is 1.11. The monoisotopic (exact) mass is 418 g/mol. The molecule has 2 aromatic carbocycles. The molecule has 0 bridgehead atoms. The molecule has 7 heteroatoms. The Balaban J connectivity index is 1.79. The molecule has 0 unspecified atom stereocenters. The fraction of sp³-hybridized carbons (Fsp3) is 0.238. The number of rotatable bonds is 5. The van der Waals surface area contributed by atoms with E-state index in [2.05, 4.69) is 0 Å². The maximum absolute atomic E-state index is 12.5. The Bertz CT molecular complexity index is 1120. The summed E-state index contributed by atoms with van der Waals surface area (Å²) in [5.74, 6) is 1.20. The zero-order valence-electron chi connectivity index (χ0n) is 14.9. The SMILES string of the molecule is COc1cc(Cl)c(OC2CC(C=O)C2)cc1-c1cc(=O)c2cccc(Cl)c2o1. The summed E-state index contributed by atoms with van der Waals surface area (Å²) in [4.78, 5) is 23.3. The first-order chi connectivity index (χ1) is 13.5. The molecule has 1 fully saturated rings. The molecule has 1 aromatic heterocycles. The van der Waals surface area contributed by atoms with E-state index >= 15 is 0 Å². The first kappa shape index (κ1) is 18.8. The van der Waals surface area contributed by atoms with Gasteiger partial charge in [-0.25, -0.2) is 0 Å². The van der Waals surface area contributed by atoms with Crippen molar-refractivity contribution in [3.8, 4) is 22.8 Å². The van der Waals surface area contributed by atoms with Gasteiger partial charge < -0.3 is 18.7 Å². The number of carbonyl (C=O) groups is 1. The summed E-state index contributed by atoms with van der Waals surface area (Å²) in [6.07, 6.45) is 2.17. The average Bonchev–Trinajstić information content (AvgIpc) is 2.65. The Morgan fingerprint density at radius 3 is 2.61 bits per heavy atom. The number of fused-ring (bicyclic) bond motifs is 1. The summed E-state index contributed by atoms with van der Waals surface area (Å²) < 4.78 is 17.3. The Hall–Kier alpha value is -2.50. The molecular formula is C21H16Cl2O5. The van der Waals surface area contributed by atoms with Crippen molar-refractivity contribution in [1.82, 2.24) is 0 Å². The number of hydrogen-bond acceptors (Lipinski definition) is 5. The number of carbonyl (C=O) groups excluding carboxylic acids is 1. The second kappa shape index (κ2) is 7.49. The van der Waals surface area contributed by atoms with Crippen LogP contribution in [0.25, 0.3) is 22.3 Å². The minimum absolute atomic E-state index is 0.0298. The summed E-state index contributed by atoms with van der Waals surface area (Å²) in [6, 6.07) is 9.69. The van der Waals surface area contributed by atoms with Crippen LogP contribution in [0.2, 0.25) is 10.0 Å². The Kier molecular flexibility index (Phi) is 5.04. The maximum atomic E-state index is 12.5. The van der Waals surface area contributed by atoms with Crippen LogP contribution in [0.4, 0.5) is 0 Å². The van der Waals surface area contributed by atoms with Crippen molar-refractivity contribution in [1.29, 1.82) is 0 Å². The standard InChI is InChI=1S/C21H16Cl2O5/c1-26-18-8-16(23)20(27-12-5-11(6-12)10-24)7-14(18)19-9-17(25)13-3-2-4-15(22)21(13)28-19/h2-4,7-12H,5-6H2,1H3. The topological polar surface area (TPSA) is 65.7 Å². The third-order valence-corrected chi connectivity index (χ3v) is 5.44. The molecule has 1 aliphatic rings. The fourth-order valence-corrected chi connectivity index (χ4v) is 3.67. The quantitative estimate of drug-likeness (QED) is 0.537.